The van der Waals surface area contributed by atoms with Gasteiger partial charge in [0.2, 0.25) is 0 Å². The van der Waals surface area contributed by atoms with Crippen molar-refractivity contribution in [2.24, 2.45) is 0 Å². The average Bonchev–Trinajstić information content (AvgIpc) is 2.70. The highest BCUT2D eigenvalue weighted by Crippen LogP contribution is 2.08. The third-order valence-corrected chi connectivity index (χ3v) is 2.86. The molecule has 11 heavy (non-hydrogen) atoms. The van der Waals surface area contributed by atoms with Crippen molar-refractivity contribution in [3.05, 3.63) is 0 Å². The number of rotatable bonds is 6. The SMILES string of the molecule is C[Si@@H](O)CCCOCC1CO1. The molecule has 0 saturated carbocycles. The molecule has 1 heterocycles. The minimum absolute atomic E-state index is 0.374. The molecule has 1 N–H and O–H groups in total. The van der Waals surface area contributed by atoms with Crippen molar-refractivity contribution in [1.29, 1.82) is 0 Å². The summed E-state index contributed by atoms with van der Waals surface area (Å²) in [7, 11) is -1.33. The first-order valence-corrected chi connectivity index (χ1v) is 6.65. The smallest absolute Gasteiger partial charge is 0.169 e. The molecule has 0 aromatic heterocycles. The lowest BCUT2D eigenvalue weighted by molar-refractivity contribution is 0.116. The van der Waals surface area contributed by atoms with Gasteiger partial charge in [0.1, 0.15) is 6.10 Å². The van der Waals surface area contributed by atoms with E-state index in [1.807, 2.05) is 6.55 Å². The summed E-state index contributed by atoms with van der Waals surface area (Å²) in [6, 6.07) is 0.964. The maximum absolute atomic E-state index is 9.03. The zero-order valence-electron chi connectivity index (χ0n) is 6.95. The third-order valence-electron chi connectivity index (χ3n) is 1.62. The van der Waals surface area contributed by atoms with Gasteiger partial charge in [-0.15, -0.1) is 0 Å². The Morgan fingerprint density at radius 2 is 2.45 bits per heavy atom. The standard InChI is InChI=1S/C7H16O3Si/c1-11(8)4-2-3-9-5-7-6-10-7/h7-8,11H,2-6H2,1H3/t7?,11-/m1/s1. The van der Waals surface area contributed by atoms with Crippen LogP contribution in [0.2, 0.25) is 12.6 Å². The lowest BCUT2D eigenvalue weighted by Gasteiger charge is -2.02. The predicted octanol–water partition coefficient (Wildman–Crippen LogP) is 0.138. The Morgan fingerprint density at radius 3 is 3.00 bits per heavy atom. The van der Waals surface area contributed by atoms with E-state index in [4.69, 9.17) is 14.3 Å². The molecule has 0 aromatic rings. The van der Waals surface area contributed by atoms with Crippen molar-refractivity contribution >= 4 is 9.04 Å². The van der Waals surface area contributed by atoms with Gasteiger partial charge in [0.25, 0.3) is 0 Å². The van der Waals surface area contributed by atoms with Crippen LogP contribution in [0.25, 0.3) is 0 Å². The van der Waals surface area contributed by atoms with Crippen molar-refractivity contribution in [2.45, 2.75) is 25.1 Å². The third kappa shape index (κ3) is 5.38. The Labute approximate surface area is 69.0 Å². The van der Waals surface area contributed by atoms with E-state index in [0.29, 0.717) is 6.10 Å². The molecule has 1 aliphatic heterocycles. The first-order valence-electron chi connectivity index (χ1n) is 4.16. The van der Waals surface area contributed by atoms with Crippen LogP contribution in [-0.2, 0) is 9.47 Å². The summed E-state index contributed by atoms with van der Waals surface area (Å²) in [5.74, 6) is 0. The van der Waals surface area contributed by atoms with Crippen molar-refractivity contribution < 1.29 is 14.3 Å². The van der Waals surface area contributed by atoms with Crippen LogP contribution < -0.4 is 0 Å². The van der Waals surface area contributed by atoms with Gasteiger partial charge < -0.3 is 14.3 Å². The first kappa shape index (κ1) is 9.19. The molecule has 0 radical (unpaired) electrons. The molecular weight excluding hydrogens is 160 g/mol. The molecule has 0 amide bonds. The highest BCUT2D eigenvalue weighted by molar-refractivity contribution is 6.48. The fourth-order valence-electron chi connectivity index (χ4n) is 0.860. The summed E-state index contributed by atoms with van der Waals surface area (Å²) in [6.45, 7) is 4.31. The van der Waals surface area contributed by atoms with Crippen LogP contribution in [-0.4, -0.2) is 39.8 Å². The molecule has 0 aliphatic carbocycles. The van der Waals surface area contributed by atoms with Crippen molar-refractivity contribution in [3.63, 3.8) is 0 Å². The largest absolute Gasteiger partial charge is 0.435 e. The second-order valence-electron chi connectivity index (χ2n) is 3.02. The molecule has 4 heteroatoms. The fourth-order valence-corrected chi connectivity index (χ4v) is 1.62. The van der Waals surface area contributed by atoms with Crippen LogP contribution in [0.3, 0.4) is 0 Å². The van der Waals surface area contributed by atoms with Gasteiger partial charge in [0.15, 0.2) is 9.04 Å². The topological polar surface area (TPSA) is 42.0 Å². The zero-order valence-corrected chi connectivity index (χ0v) is 8.11. The van der Waals surface area contributed by atoms with Gasteiger partial charge in [-0.1, -0.05) is 0 Å². The Balaban J connectivity index is 1.73. The van der Waals surface area contributed by atoms with Gasteiger partial charge in [0.05, 0.1) is 13.2 Å². The first-order chi connectivity index (χ1) is 5.29. The molecule has 1 fully saturated rings. The molecule has 0 spiro atoms. The van der Waals surface area contributed by atoms with Gasteiger partial charge >= 0.3 is 0 Å². The molecular formula is C7H16O3Si. The van der Waals surface area contributed by atoms with Crippen LogP contribution in [0, 0.1) is 0 Å². The summed E-state index contributed by atoms with van der Waals surface area (Å²) < 4.78 is 10.3. The number of epoxide rings is 1. The normalized spacial score (nSPS) is 25.1. The molecule has 2 atom stereocenters. The van der Waals surface area contributed by atoms with E-state index in [-0.39, 0.29) is 0 Å². The van der Waals surface area contributed by atoms with Gasteiger partial charge in [0, 0.05) is 6.61 Å². The van der Waals surface area contributed by atoms with Crippen molar-refractivity contribution in [1.82, 2.24) is 0 Å². The van der Waals surface area contributed by atoms with Crippen LogP contribution in [0.4, 0.5) is 0 Å². The average molecular weight is 176 g/mol. The maximum Gasteiger partial charge on any atom is 0.169 e. The number of hydrogen-bond donors (Lipinski definition) is 1. The monoisotopic (exact) mass is 176 g/mol. The number of ether oxygens (including phenoxy) is 2. The Bertz CT molecular complexity index is 99.9. The fraction of sp³-hybridized carbons (Fsp3) is 1.00. The molecule has 0 bridgehead atoms. The second-order valence-corrected chi connectivity index (χ2v) is 5.30. The van der Waals surface area contributed by atoms with E-state index in [1.54, 1.807) is 0 Å². The summed E-state index contributed by atoms with van der Waals surface area (Å²) in [5, 5.41) is 0. The Hall–Kier alpha value is 0.0969. The lowest BCUT2D eigenvalue weighted by atomic mass is 10.5. The van der Waals surface area contributed by atoms with Crippen LogP contribution in [0.1, 0.15) is 6.42 Å². The van der Waals surface area contributed by atoms with E-state index in [0.717, 1.165) is 32.3 Å². The molecule has 1 saturated heterocycles. The maximum atomic E-state index is 9.03. The summed E-state index contributed by atoms with van der Waals surface area (Å²) in [5.41, 5.74) is 0. The Kier molecular flexibility index (Phi) is 4.07. The highest BCUT2D eigenvalue weighted by Gasteiger charge is 2.21. The van der Waals surface area contributed by atoms with Crippen molar-refractivity contribution in [3.8, 4) is 0 Å². The van der Waals surface area contributed by atoms with E-state index in [2.05, 4.69) is 0 Å². The highest BCUT2D eigenvalue weighted by atomic mass is 28.3. The summed E-state index contributed by atoms with van der Waals surface area (Å²) in [6.07, 6.45) is 1.37. The van der Waals surface area contributed by atoms with Gasteiger partial charge in [-0.05, 0) is 19.0 Å². The Morgan fingerprint density at radius 1 is 1.73 bits per heavy atom. The molecule has 3 nitrogen and oxygen atoms in total. The minimum Gasteiger partial charge on any atom is -0.435 e. The van der Waals surface area contributed by atoms with E-state index >= 15 is 0 Å². The molecule has 66 valence electrons. The van der Waals surface area contributed by atoms with Crippen LogP contribution in [0.15, 0.2) is 0 Å². The minimum atomic E-state index is -1.33. The second kappa shape index (κ2) is 4.87. The number of hydrogen-bond acceptors (Lipinski definition) is 3. The van der Waals surface area contributed by atoms with Crippen molar-refractivity contribution in [2.75, 3.05) is 19.8 Å². The molecule has 1 rings (SSSR count). The van der Waals surface area contributed by atoms with E-state index in [1.165, 1.54) is 0 Å². The van der Waals surface area contributed by atoms with E-state index < -0.39 is 9.04 Å². The lowest BCUT2D eigenvalue weighted by Crippen LogP contribution is -2.08. The predicted molar refractivity (Wildman–Crippen MR) is 45.2 cm³/mol. The summed E-state index contributed by atoms with van der Waals surface area (Å²) >= 11 is 0. The van der Waals surface area contributed by atoms with Gasteiger partial charge in [-0.2, -0.15) is 0 Å². The molecule has 1 aliphatic rings. The molecule has 1 unspecified atom stereocenters. The van der Waals surface area contributed by atoms with Crippen LogP contribution in [0.5, 0.6) is 0 Å². The van der Waals surface area contributed by atoms with Gasteiger partial charge in [-0.3, -0.25) is 0 Å². The quantitative estimate of drug-likeness (QED) is 0.355. The molecule has 0 aromatic carbocycles. The van der Waals surface area contributed by atoms with E-state index in [9.17, 15) is 0 Å². The summed E-state index contributed by atoms with van der Waals surface area (Å²) in [4.78, 5) is 9.03. The zero-order chi connectivity index (χ0) is 8.10. The van der Waals surface area contributed by atoms with Gasteiger partial charge in [-0.25, -0.2) is 0 Å². The van der Waals surface area contributed by atoms with Crippen LogP contribution >= 0.6 is 0 Å².